The molecule has 1 aliphatic heterocycles. The molecule has 1 amide bonds. The molecule has 1 saturated heterocycles. The number of carbonyl (C=O) groups excluding carboxylic acids is 1. The molecular weight excluding hydrogens is 342 g/mol. The van der Waals surface area contributed by atoms with Crippen LogP contribution in [0.1, 0.15) is 19.8 Å². The number of nitrogens with one attached hydrogen (secondary N) is 1. The van der Waals surface area contributed by atoms with Gasteiger partial charge in [-0.15, -0.1) is 5.10 Å². The van der Waals surface area contributed by atoms with Crippen molar-refractivity contribution in [3.8, 4) is 17.0 Å². The number of imidazole rings is 1. The van der Waals surface area contributed by atoms with Gasteiger partial charge in [-0.3, -0.25) is 4.79 Å². The van der Waals surface area contributed by atoms with E-state index in [2.05, 4.69) is 10.3 Å². The predicted molar refractivity (Wildman–Crippen MR) is 104 cm³/mol. The summed E-state index contributed by atoms with van der Waals surface area (Å²) in [5, 5.41) is 8.08. The summed E-state index contributed by atoms with van der Waals surface area (Å²) in [5.74, 6) is 1.67. The fourth-order valence-corrected chi connectivity index (χ4v) is 3.69. The monoisotopic (exact) mass is 365 g/mol. The van der Waals surface area contributed by atoms with Crippen LogP contribution in [0.3, 0.4) is 0 Å². The van der Waals surface area contributed by atoms with E-state index in [1.165, 1.54) is 0 Å². The highest BCUT2D eigenvalue weighted by atomic mass is 16.5. The molecule has 2 aromatic heterocycles. The Hall–Kier alpha value is -3.09. The van der Waals surface area contributed by atoms with E-state index < -0.39 is 0 Å². The number of benzene rings is 1. The first-order chi connectivity index (χ1) is 13.2. The van der Waals surface area contributed by atoms with Crippen molar-refractivity contribution in [2.24, 2.45) is 0 Å². The van der Waals surface area contributed by atoms with Gasteiger partial charge < -0.3 is 15.0 Å². The first kappa shape index (κ1) is 17.3. The fraction of sp³-hybridized carbons (Fsp3) is 0.350. The van der Waals surface area contributed by atoms with Crippen LogP contribution in [0, 0.1) is 0 Å². The molecule has 0 aliphatic carbocycles. The molecule has 7 nitrogen and oxygen atoms in total. The zero-order valence-electron chi connectivity index (χ0n) is 15.6. The number of methoxy groups -OCH3 is 1. The number of rotatable bonds is 5. The van der Waals surface area contributed by atoms with Crippen molar-refractivity contribution in [3.63, 3.8) is 0 Å². The topological polar surface area (TPSA) is 71.8 Å². The molecule has 1 N–H and O–H groups in total. The smallest absolute Gasteiger partial charge is 0.219 e. The van der Waals surface area contributed by atoms with Crippen LogP contribution in [0.4, 0.5) is 5.82 Å². The van der Waals surface area contributed by atoms with Crippen LogP contribution in [-0.4, -0.2) is 51.6 Å². The van der Waals surface area contributed by atoms with Gasteiger partial charge in [-0.25, -0.2) is 9.50 Å². The van der Waals surface area contributed by atoms with Gasteiger partial charge >= 0.3 is 0 Å². The van der Waals surface area contributed by atoms with Crippen molar-refractivity contribution < 1.29 is 9.53 Å². The quantitative estimate of drug-likeness (QED) is 0.753. The third-order valence-corrected chi connectivity index (χ3v) is 5.05. The van der Waals surface area contributed by atoms with Gasteiger partial charge in [0.25, 0.3) is 0 Å². The summed E-state index contributed by atoms with van der Waals surface area (Å²) in [4.78, 5) is 18.1. The number of para-hydroxylation sites is 1. The Bertz CT molecular complexity index is 968. The van der Waals surface area contributed by atoms with E-state index in [1.807, 2.05) is 45.8 Å². The average molecular weight is 365 g/mol. The third kappa shape index (κ3) is 3.32. The zero-order valence-corrected chi connectivity index (χ0v) is 15.6. The van der Waals surface area contributed by atoms with Crippen LogP contribution >= 0.6 is 0 Å². The molecule has 0 bridgehead atoms. The van der Waals surface area contributed by atoms with Crippen LogP contribution < -0.4 is 10.1 Å². The minimum atomic E-state index is 0.135. The lowest BCUT2D eigenvalue weighted by molar-refractivity contribution is -0.129. The molecule has 27 heavy (non-hydrogen) atoms. The van der Waals surface area contributed by atoms with Crippen LogP contribution in [0.2, 0.25) is 0 Å². The SMILES string of the molecule is COc1ccccc1-c1cnc2ccc(NC[C@@H]3CCCN3C(C)=O)nn12. The van der Waals surface area contributed by atoms with Crippen molar-refractivity contribution >= 4 is 17.4 Å². The zero-order chi connectivity index (χ0) is 18.8. The van der Waals surface area contributed by atoms with Gasteiger partial charge in [-0.2, -0.15) is 0 Å². The number of ether oxygens (including phenoxy) is 1. The lowest BCUT2D eigenvalue weighted by Crippen LogP contribution is -2.38. The minimum Gasteiger partial charge on any atom is -0.496 e. The number of anilines is 1. The van der Waals surface area contributed by atoms with Crippen LogP contribution in [-0.2, 0) is 4.79 Å². The number of hydrogen-bond donors (Lipinski definition) is 1. The van der Waals surface area contributed by atoms with Gasteiger partial charge in [-0.1, -0.05) is 12.1 Å². The Balaban J connectivity index is 1.60. The first-order valence-corrected chi connectivity index (χ1v) is 9.16. The van der Waals surface area contributed by atoms with Crippen LogP contribution in [0.25, 0.3) is 16.9 Å². The molecular formula is C20H23N5O2. The first-order valence-electron chi connectivity index (χ1n) is 9.16. The van der Waals surface area contributed by atoms with E-state index in [9.17, 15) is 4.79 Å². The molecule has 1 aliphatic rings. The van der Waals surface area contributed by atoms with E-state index in [1.54, 1.807) is 20.2 Å². The molecule has 140 valence electrons. The van der Waals surface area contributed by atoms with Crippen molar-refractivity contribution in [1.29, 1.82) is 0 Å². The molecule has 1 aromatic carbocycles. The summed E-state index contributed by atoms with van der Waals surface area (Å²) in [6.45, 7) is 3.16. The number of hydrogen-bond acceptors (Lipinski definition) is 5. The molecule has 0 saturated carbocycles. The molecule has 7 heteroatoms. The van der Waals surface area contributed by atoms with E-state index in [-0.39, 0.29) is 11.9 Å². The summed E-state index contributed by atoms with van der Waals surface area (Å²) in [6.07, 6.45) is 3.88. The Morgan fingerprint density at radius 1 is 1.30 bits per heavy atom. The molecule has 0 unspecified atom stereocenters. The molecule has 0 radical (unpaired) electrons. The largest absolute Gasteiger partial charge is 0.496 e. The standard InChI is InChI=1S/C20H23N5O2/c1-14(26)24-11-5-6-15(24)12-21-19-9-10-20-22-13-17(25(20)23-19)16-7-3-4-8-18(16)27-2/h3-4,7-10,13,15H,5-6,11-12H2,1-2H3,(H,21,23)/t15-/m0/s1. The maximum absolute atomic E-state index is 11.7. The summed E-state index contributed by atoms with van der Waals surface area (Å²) in [7, 11) is 1.66. The number of likely N-dealkylation sites (tertiary alicyclic amines) is 1. The van der Waals surface area contributed by atoms with Gasteiger partial charge in [0.2, 0.25) is 5.91 Å². The summed E-state index contributed by atoms with van der Waals surface area (Å²) in [5.41, 5.74) is 2.58. The maximum atomic E-state index is 11.7. The Labute approximate surface area is 158 Å². The summed E-state index contributed by atoms with van der Waals surface area (Å²) < 4.78 is 7.29. The number of amides is 1. The van der Waals surface area contributed by atoms with Gasteiger partial charge in [0.1, 0.15) is 11.6 Å². The Morgan fingerprint density at radius 2 is 2.15 bits per heavy atom. The van der Waals surface area contributed by atoms with Crippen molar-refractivity contribution in [2.45, 2.75) is 25.8 Å². The van der Waals surface area contributed by atoms with Crippen molar-refractivity contribution in [1.82, 2.24) is 19.5 Å². The van der Waals surface area contributed by atoms with E-state index in [0.29, 0.717) is 6.54 Å². The maximum Gasteiger partial charge on any atom is 0.219 e. The molecule has 1 fully saturated rings. The second-order valence-corrected chi connectivity index (χ2v) is 6.72. The van der Waals surface area contributed by atoms with Gasteiger partial charge in [-0.05, 0) is 37.1 Å². The van der Waals surface area contributed by atoms with Crippen LogP contribution in [0.5, 0.6) is 5.75 Å². The Morgan fingerprint density at radius 3 is 2.96 bits per heavy atom. The number of nitrogens with zero attached hydrogens (tertiary/aromatic N) is 4. The highest BCUT2D eigenvalue weighted by molar-refractivity contribution is 5.74. The molecule has 4 rings (SSSR count). The Kier molecular flexibility index (Phi) is 4.66. The number of fused-ring (bicyclic) bond motifs is 1. The second kappa shape index (κ2) is 7.26. The van der Waals surface area contributed by atoms with E-state index in [4.69, 9.17) is 9.84 Å². The third-order valence-electron chi connectivity index (χ3n) is 5.05. The summed E-state index contributed by atoms with van der Waals surface area (Å²) >= 11 is 0. The molecule has 3 aromatic rings. The lowest BCUT2D eigenvalue weighted by Gasteiger charge is -2.23. The van der Waals surface area contributed by atoms with Gasteiger partial charge in [0, 0.05) is 31.6 Å². The predicted octanol–water partition coefficient (Wildman–Crippen LogP) is 2.83. The highest BCUT2D eigenvalue weighted by Gasteiger charge is 2.26. The van der Waals surface area contributed by atoms with Crippen LogP contribution in [0.15, 0.2) is 42.6 Å². The minimum absolute atomic E-state index is 0.135. The molecule has 1 atom stereocenters. The number of aromatic nitrogens is 3. The molecule has 3 heterocycles. The fourth-order valence-electron chi connectivity index (χ4n) is 3.69. The highest BCUT2D eigenvalue weighted by Crippen LogP contribution is 2.29. The van der Waals surface area contributed by atoms with Gasteiger partial charge in [0.05, 0.1) is 19.0 Å². The van der Waals surface area contributed by atoms with E-state index >= 15 is 0 Å². The summed E-state index contributed by atoms with van der Waals surface area (Å²) in [6, 6.07) is 11.9. The molecule has 0 spiro atoms. The van der Waals surface area contributed by atoms with E-state index in [0.717, 1.165) is 47.9 Å². The van der Waals surface area contributed by atoms with Crippen molar-refractivity contribution in [3.05, 3.63) is 42.6 Å². The number of carbonyl (C=O) groups is 1. The average Bonchev–Trinajstić information content (AvgIpc) is 3.33. The van der Waals surface area contributed by atoms with Crippen molar-refractivity contribution in [2.75, 3.05) is 25.5 Å². The normalized spacial score (nSPS) is 16.7. The van der Waals surface area contributed by atoms with Gasteiger partial charge in [0.15, 0.2) is 5.65 Å². The lowest BCUT2D eigenvalue weighted by atomic mass is 10.1. The second-order valence-electron chi connectivity index (χ2n) is 6.72.